The van der Waals surface area contributed by atoms with Crippen LogP contribution in [0.15, 0.2) is 42.5 Å². The second kappa shape index (κ2) is 5.88. The van der Waals surface area contributed by atoms with Crippen molar-refractivity contribution >= 4 is 15.9 Å². The average molecular weight is 333 g/mol. The van der Waals surface area contributed by atoms with Gasteiger partial charge in [0, 0.05) is 5.56 Å². The van der Waals surface area contributed by atoms with E-state index < -0.39 is 0 Å². The summed E-state index contributed by atoms with van der Waals surface area (Å²) < 4.78 is 11.1. The van der Waals surface area contributed by atoms with E-state index in [0.717, 1.165) is 36.5 Å². The number of methoxy groups -OCH3 is 1. The van der Waals surface area contributed by atoms with E-state index in [1.807, 2.05) is 18.2 Å². The van der Waals surface area contributed by atoms with E-state index in [1.165, 1.54) is 11.1 Å². The van der Waals surface area contributed by atoms with Crippen LogP contribution in [-0.4, -0.2) is 13.7 Å². The lowest BCUT2D eigenvalue weighted by atomic mass is 9.98. The number of para-hydroxylation sites is 1. The smallest absolute Gasteiger partial charge is 0.123 e. The second-order valence-corrected chi connectivity index (χ2v) is 5.84. The Balaban J connectivity index is 1.96. The minimum Gasteiger partial charge on any atom is -0.496 e. The second-order valence-electron chi connectivity index (χ2n) is 4.92. The van der Waals surface area contributed by atoms with Crippen LogP contribution in [0, 0.1) is 0 Å². The van der Waals surface area contributed by atoms with Gasteiger partial charge >= 0.3 is 0 Å². The van der Waals surface area contributed by atoms with Gasteiger partial charge in [-0.3, -0.25) is 0 Å². The molecule has 0 spiro atoms. The van der Waals surface area contributed by atoms with Crippen molar-refractivity contribution in [3.05, 3.63) is 59.2 Å². The Hall–Kier alpha value is -1.48. The molecular weight excluding hydrogens is 316 g/mol. The fraction of sp³-hybridized carbons (Fsp3) is 0.294. The van der Waals surface area contributed by atoms with E-state index >= 15 is 0 Å². The fourth-order valence-corrected chi connectivity index (χ4v) is 3.26. The van der Waals surface area contributed by atoms with Gasteiger partial charge in [-0.25, -0.2) is 0 Å². The summed E-state index contributed by atoms with van der Waals surface area (Å²) in [6, 6.07) is 14.5. The van der Waals surface area contributed by atoms with Gasteiger partial charge in [0.15, 0.2) is 0 Å². The van der Waals surface area contributed by atoms with E-state index in [-0.39, 0.29) is 4.83 Å². The summed E-state index contributed by atoms with van der Waals surface area (Å²) in [6.45, 7) is 0.830. The zero-order valence-electron chi connectivity index (χ0n) is 11.4. The summed E-state index contributed by atoms with van der Waals surface area (Å²) in [5, 5.41) is 0. The SMILES string of the molecule is COc1ccccc1C(Br)c1ccc2c(c1)CCCO2. The highest BCUT2D eigenvalue weighted by atomic mass is 79.9. The fourth-order valence-electron chi connectivity index (χ4n) is 2.59. The molecule has 0 bridgehead atoms. The maximum absolute atomic E-state index is 5.67. The minimum atomic E-state index is 0.130. The van der Waals surface area contributed by atoms with E-state index in [9.17, 15) is 0 Å². The lowest BCUT2D eigenvalue weighted by Crippen LogP contribution is -2.09. The van der Waals surface area contributed by atoms with Crippen LogP contribution in [0.25, 0.3) is 0 Å². The summed E-state index contributed by atoms with van der Waals surface area (Å²) in [7, 11) is 1.71. The van der Waals surface area contributed by atoms with Crippen LogP contribution in [-0.2, 0) is 6.42 Å². The molecule has 0 radical (unpaired) electrons. The Labute approximate surface area is 127 Å². The highest BCUT2D eigenvalue weighted by Gasteiger charge is 2.17. The highest BCUT2D eigenvalue weighted by molar-refractivity contribution is 9.09. The Bertz CT molecular complexity index is 610. The number of hydrogen-bond donors (Lipinski definition) is 0. The molecule has 1 aliphatic heterocycles. The molecule has 1 aliphatic rings. The third-order valence-electron chi connectivity index (χ3n) is 3.64. The predicted molar refractivity (Wildman–Crippen MR) is 84.0 cm³/mol. The van der Waals surface area contributed by atoms with E-state index in [1.54, 1.807) is 7.11 Å². The Morgan fingerprint density at radius 1 is 1.20 bits per heavy atom. The van der Waals surface area contributed by atoms with Crippen molar-refractivity contribution in [2.45, 2.75) is 17.7 Å². The molecule has 1 atom stereocenters. The van der Waals surface area contributed by atoms with Crippen molar-refractivity contribution in [1.82, 2.24) is 0 Å². The third kappa shape index (κ3) is 2.55. The van der Waals surface area contributed by atoms with Crippen molar-refractivity contribution < 1.29 is 9.47 Å². The number of benzene rings is 2. The van der Waals surface area contributed by atoms with Gasteiger partial charge in [-0.1, -0.05) is 46.3 Å². The number of hydrogen-bond acceptors (Lipinski definition) is 2. The summed E-state index contributed by atoms with van der Waals surface area (Å²) >= 11 is 3.79. The zero-order chi connectivity index (χ0) is 13.9. The topological polar surface area (TPSA) is 18.5 Å². The van der Waals surface area contributed by atoms with Crippen molar-refractivity contribution in [1.29, 1.82) is 0 Å². The molecule has 0 saturated heterocycles. The van der Waals surface area contributed by atoms with Crippen LogP contribution >= 0.6 is 15.9 Å². The molecule has 0 aromatic heterocycles. The first-order valence-corrected chi connectivity index (χ1v) is 7.74. The van der Waals surface area contributed by atoms with Gasteiger partial charge in [0.25, 0.3) is 0 Å². The molecule has 104 valence electrons. The van der Waals surface area contributed by atoms with Gasteiger partial charge in [0.1, 0.15) is 11.5 Å². The Kier molecular flexibility index (Phi) is 3.97. The number of halogens is 1. The van der Waals surface area contributed by atoms with Crippen LogP contribution < -0.4 is 9.47 Å². The molecule has 2 nitrogen and oxygen atoms in total. The number of aryl methyl sites for hydroxylation is 1. The van der Waals surface area contributed by atoms with Crippen LogP contribution in [0.3, 0.4) is 0 Å². The minimum absolute atomic E-state index is 0.130. The maximum Gasteiger partial charge on any atom is 0.123 e. The Morgan fingerprint density at radius 3 is 2.90 bits per heavy atom. The molecule has 2 aromatic rings. The van der Waals surface area contributed by atoms with E-state index in [0.29, 0.717) is 0 Å². The molecule has 20 heavy (non-hydrogen) atoms. The van der Waals surface area contributed by atoms with E-state index in [2.05, 4.69) is 40.2 Å². The first-order valence-electron chi connectivity index (χ1n) is 6.82. The monoisotopic (exact) mass is 332 g/mol. The predicted octanol–water partition coefficient (Wildman–Crippen LogP) is 4.50. The lowest BCUT2D eigenvalue weighted by Gasteiger charge is -2.20. The normalized spacial score (nSPS) is 15.1. The Morgan fingerprint density at radius 2 is 2.05 bits per heavy atom. The van der Waals surface area contributed by atoms with Crippen LogP contribution in [0.1, 0.15) is 27.9 Å². The molecular formula is C17H17BrO2. The molecule has 0 amide bonds. The van der Waals surface area contributed by atoms with Gasteiger partial charge in [-0.2, -0.15) is 0 Å². The number of rotatable bonds is 3. The zero-order valence-corrected chi connectivity index (χ0v) is 13.0. The third-order valence-corrected chi connectivity index (χ3v) is 4.66. The standard InChI is InChI=1S/C17H17BrO2/c1-19-16-7-3-2-6-14(16)17(18)13-8-9-15-12(11-13)5-4-10-20-15/h2-3,6-9,11,17H,4-5,10H2,1H3. The largest absolute Gasteiger partial charge is 0.496 e. The lowest BCUT2D eigenvalue weighted by molar-refractivity contribution is 0.288. The molecule has 0 N–H and O–H groups in total. The first-order chi connectivity index (χ1) is 9.79. The quantitative estimate of drug-likeness (QED) is 0.770. The molecule has 1 unspecified atom stereocenters. The van der Waals surface area contributed by atoms with Crippen molar-refractivity contribution in [3.63, 3.8) is 0 Å². The van der Waals surface area contributed by atoms with Gasteiger partial charge in [-0.15, -0.1) is 0 Å². The van der Waals surface area contributed by atoms with Gasteiger partial charge in [-0.05, 0) is 36.1 Å². The van der Waals surface area contributed by atoms with Crippen molar-refractivity contribution in [2.24, 2.45) is 0 Å². The molecule has 3 rings (SSSR count). The summed E-state index contributed by atoms with van der Waals surface area (Å²) in [4.78, 5) is 0.130. The number of ether oxygens (including phenoxy) is 2. The summed E-state index contributed by atoms with van der Waals surface area (Å²) in [6.07, 6.45) is 2.19. The first kappa shape index (κ1) is 13.5. The molecule has 1 heterocycles. The van der Waals surface area contributed by atoms with Crippen molar-refractivity contribution in [3.8, 4) is 11.5 Å². The average Bonchev–Trinajstić information content (AvgIpc) is 2.53. The highest BCUT2D eigenvalue weighted by Crippen LogP contribution is 2.38. The van der Waals surface area contributed by atoms with E-state index in [4.69, 9.17) is 9.47 Å². The summed E-state index contributed by atoms with van der Waals surface area (Å²) in [5.74, 6) is 1.93. The van der Waals surface area contributed by atoms with Crippen molar-refractivity contribution in [2.75, 3.05) is 13.7 Å². The van der Waals surface area contributed by atoms with Crippen LogP contribution in [0.4, 0.5) is 0 Å². The van der Waals surface area contributed by atoms with Crippen LogP contribution in [0.5, 0.6) is 11.5 Å². The molecule has 3 heteroatoms. The molecule has 0 saturated carbocycles. The molecule has 0 fully saturated rings. The van der Waals surface area contributed by atoms with Crippen LogP contribution in [0.2, 0.25) is 0 Å². The molecule has 0 aliphatic carbocycles. The maximum atomic E-state index is 5.67. The van der Waals surface area contributed by atoms with Gasteiger partial charge in [0.05, 0.1) is 18.5 Å². The van der Waals surface area contributed by atoms with Gasteiger partial charge < -0.3 is 9.47 Å². The summed E-state index contributed by atoms with van der Waals surface area (Å²) in [5.41, 5.74) is 3.68. The number of alkyl halides is 1. The van der Waals surface area contributed by atoms with Gasteiger partial charge in [0.2, 0.25) is 0 Å². The molecule has 2 aromatic carbocycles. The number of fused-ring (bicyclic) bond motifs is 1.